The summed E-state index contributed by atoms with van der Waals surface area (Å²) < 4.78 is 10.3. The summed E-state index contributed by atoms with van der Waals surface area (Å²) in [6.07, 6.45) is 1.19. The molecule has 2 aromatic rings. The maximum Gasteiger partial charge on any atom is 0.319 e. The summed E-state index contributed by atoms with van der Waals surface area (Å²) in [5.41, 5.74) is 0.358. The van der Waals surface area contributed by atoms with Crippen LogP contribution in [0.25, 0.3) is 0 Å². The number of hydrogen-bond donors (Lipinski definition) is 1. The molecule has 0 atom stereocenters. The Morgan fingerprint density at radius 1 is 1.28 bits per heavy atom. The van der Waals surface area contributed by atoms with Crippen molar-refractivity contribution in [3.8, 4) is 5.75 Å². The highest BCUT2D eigenvalue weighted by atomic mass is 79.9. The fourth-order valence-corrected chi connectivity index (χ4v) is 2.15. The Bertz CT molecular complexity index is 842. The molecule has 25 heavy (non-hydrogen) atoms. The molecule has 0 aliphatic rings. The second-order valence-electron chi connectivity index (χ2n) is 4.40. The fraction of sp³-hybridized carbons (Fsp3) is 0.0769. The molecule has 1 heterocycles. The lowest BCUT2D eigenvalue weighted by Crippen LogP contribution is -2.18. The van der Waals surface area contributed by atoms with Crippen molar-refractivity contribution in [2.75, 3.05) is 7.11 Å². The summed E-state index contributed by atoms with van der Waals surface area (Å²) >= 11 is 3.09. The van der Waals surface area contributed by atoms with Gasteiger partial charge in [-0.05, 0) is 28.1 Å². The van der Waals surface area contributed by atoms with Crippen LogP contribution in [0.1, 0.15) is 16.1 Å². The molecule has 0 spiro atoms. The predicted molar refractivity (Wildman–Crippen MR) is 87.8 cm³/mol. The van der Waals surface area contributed by atoms with E-state index in [0.29, 0.717) is 10.4 Å². The van der Waals surface area contributed by atoms with E-state index in [1.807, 2.05) is 0 Å². The van der Waals surface area contributed by atoms with Crippen molar-refractivity contribution in [2.24, 2.45) is 5.10 Å². The van der Waals surface area contributed by atoms with E-state index in [9.17, 15) is 25.0 Å². The van der Waals surface area contributed by atoms with Gasteiger partial charge in [0.2, 0.25) is 0 Å². The highest BCUT2D eigenvalue weighted by Gasteiger charge is 2.29. The van der Waals surface area contributed by atoms with Gasteiger partial charge in [-0.25, -0.2) is 5.43 Å². The SMILES string of the molecule is COc1c([N+](=O)[O-])cc(C(=O)N/N=C/c2ccc(Br)o2)cc1[N+](=O)[O-]. The summed E-state index contributed by atoms with van der Waals surface area (Å²) in [7, 11) is 1.06. The maximum atomic E-state index is 12.0. The number of nitro groups is 2. The molecular formula is C13H9BrN4O7. The summed E-state index contributed by atoms with van der Waals surface area (Å²) in [6, 6.07) is 4.91. The number of amides is 1. The number of furan rings is 1. The van der Waals surface area contributed by atoms with Gasteiger partial charge < -0.3 is 9.15 Å². The van der Waals surface area contributed by atoms with E-state index < -0.39 is 32.9 Å². The third kappa shape index (κ3) is 4.17. The second kappa shape index (κ2) is 7.53. The number of nitro benzene ring substituents is 2. The lowest BCUT2D eigenvalue weighted by molar-refractivity contribution is -0.395. The van der Waals surface area contributed by atoms with E-state index in [1.165, 1.54) is 6.21 Å². The van der Waals surface area contributed by atoms with Gasteiger partial charge in [-0.15, -0.1) is 0 Å². The van der Waals surface area contributed by atoms with Crippen molar-refractivity contribution in [3.63, 3.8) is 0 Å². The summed E-state index contributed by atoms with van der Waals surface area (Å²) in [5, 5.41) is 25.7. The zero-order chi connectivity index (χ0) is 18.6. The van der Waals surface area contributed by atoms with E-state index in [4.69, 9.17) is 9.15 Å². The van der Waals surface area contributed by atoms with Gasteiger partial charge in [0.25, 0.3) is 11.7 Å². The van der Waals surface area contributed by atoms with Crippen LogP contribution in [-0.4, -0.2) is 29.1 Å². The Hall–Kier alpha value is -3.28. The van der Waals surface area contributed by atoms with Gasteiger partial charge in [0.15, 0.2) is 4.67 Å². The molecule has 0 saturated carbocycles. The number of ether oxygens (including phenoxy) is 1. The molecule has 1 amide bonds. The van der Waals surface area contributed by atoms with E-state index in [2.05, 4.69) is 26.5 Å². The van der Waals surface area contributed by atoms with Crippen LogP contribution in [0.2, 0.25) is 0 Å². The van der Waals surface area contributed by atoms with Crippen LogP contribution in [0, 0.1) is 20.2 Å². The van der Waals surface area contributed by atoms with Crippen LogP contribution in [0.5, 0.6) is 5.75 Å². The van der Waals surface area contributed by atoms with Gasteiger partial charge in [-0.2, -0.15) is 5.10 Å². The third-order valence-corrected chi connectivity index (χ3v) is 3.29. The molecular weight excluding hydrogens is 404 g/mol. The van der Waals surface area contributed by atoms with Gasteiger partial charge in [0.1, 0.15) is 5.76 Å². The Balaban J connectivity index is 2.31. The molecule has 0 unspecified atom stereocenters. The Kier molecular flexibility index (Phi) is 5.44. The number of nitrogens with one attached hydrogen (secondary N) is 1. The number of hydrogen-bond acceptors (Lipinski definition) is 8. The lowest BCUT2D eigenvalue weighted by atomic mass is 10.1. The summed E-state index contributed by atoms with van der Waals surface area (Å²) in [6.45, 7) is 0. The third-order valence-electron chi connectivity index (χ3n) is 2.86. The highest BCUT2D eigenvalue weighted by Crippen LogP contribution is 2.37. The monoisotopic (exact) mass is 412 g/mol. The van der Waals surface area contributed by atoms with Crippen molar-refractivity contribution in [1.82, 2.24) is 5.43 Å². The van der Waals surface area contributed by atoms with Crippen molar-refractivity contribution in [2.45, 2.75) is 0 Å². The topological polar surface area (TPSA) is 150 Å². The molecule has 0 aliphatic carbocycles. The van der Waals surface area contributed by atoms with Gasteiger partial charge in [0, 0.05) is 12.1 Å². The number of halogens is 1. The Morgan fingerprint density at radius 2 is 1.88 bits per heavy atom. The number of hydrazone groups is 1. The number of carbonyl (C=O) groups is 1. The smallest absolute Gasteiger partial charge is 0.319 e. The van der Waals surface area contributed by atoms with Crippen LogP contribution in [0.4, 0.5) is 11.4 Å². The number of methoxy groups -OCH3 is 1. The second-order valence-corrected chi connectivity index (χ2v) is 5.18. The van der Waals surface area contributed by atoms with Crippen molar-refractivity contribution in [1.29, 1.82) is 0 Å². The normalized spacial score (nSPS) is 10.6. The summed E-state index contributed by atoms with van der Waals surface area (Å²) in [5.74, 6) is -1.09. The molecule has 11 nitrogen and oxygen atoms in total. The van der Waals surface area contributed by atoms with Crippen LogP contribution < -0.4 is 10.2 Å². The minimum Gasteiger partial charge on any atom is -0.485 e. The van der Waals surface area contributed by atoms with Gasteiger partial charge >= 0.3 is 11.4 Å². The van der Waals surface area contributed by atoms with Gasteiger partial charge in [-0.1, -0.05) is 0 Å². The number of nitrogens with zero attached hydrogens (tertiary/aromatic N) is 3. The van der Waals surface area contributed by atoms with Gasteiger partial charge in [-0.3, -0.25) is 25.0 Å². The molecule has 0 saturated heterocycles. The first kappa shape index (κ1) is 18.1. The molecule has 0 aliphatic heterocycles. The molecule has 0 bridgehead atoms. The van der Waals surface area contributed by atoms with E-state index >= 15 is 0 Å². The van der Waals surface area contributed by atoms with Gasteiger partial charge in [0.05, 0.1) is 28.7 Å². The average Bonchev–Trinajstić information content (AvgIpc) is 2.98. The predicted octanol–water partition coefficient (Wildman–Crippen LogP) is 2.63. The molecule has 0 radical (unpaired) electrons. The standard InChI is InChI=1S/C13H9BrN4O7/c1-24-12-9(17(20)21)4-7(5-10(12)18(22)23)13(19)16-15-6-8-2-3-11(14)25-8/h2-6H,1H3,(H,16,19)/b15-6+. The van der Waals surface area contributed by atoms with Crippen LogP contribution in [-0.2, 0) is 0 Å². The molecule has 1 aromatic heterocycles. The molecule has 1 aromatic carbocycles. The quantitative estimate of drug-likeness (QED) is 0.434. The van der Waals surface area contributed by atoms with Crippen molar-refractivity contribution < 1.29 is 23.8 Å². The average molecular weight is 413 g/mol. The minimum absolute atomic E-state index is 0.322. The van der Waals surface area contributed by atoms with E-state index in [1.54, 1.807) is 12.1 Å². The molecule has 0 fully saturated rings. The first-order valence-corrected chi connectivity index (χ1v) is 7.22. The molecule has 12 heteroatoms. The summed E-state index contributed by atoms with van der Waals surface area (Å²) in [4.78, 5) is 32.4. The van der Waals surface area contributed by atoms with E-state index in [0.717, 1.165) is 19.2 Å². The maximum absolute atomic E-state index is 12.0. The number of carbonyl (C=O) groups excluding carboxylic acids is 1. The fourth-order valence-electron chi connectivity index (χ4n) is 1.83. The molecule has 1 N–H and O–H groups in total. The zero-order valence-electron chi connectivity index (χ0n) is 12.5. The first-order chi connectivity index (χ1) is 11.8. The minimum atomic E-state index is -0.883. The van der Waals surface area contributed by atoms with Crippen LogP contribution >= 0.6 is 15.9 Å². The molecule has 130 valence electrons. The van der Waals surface area contributed by atoms with Crippen LogP contribution in [0.3, 0.4) is 0 Å². The Labute approximate surface area is 147 Å². The van der Waals surface area contributed by atoms with Crippen LogP contribution in [0.15, 0.2) is 38.5 Å². The zero-order valence-corrected chi connectivity index (χ0v) is 14.1. The first-order valence-electron chi connectivity index (χ1n) is 6.43. The molecule has 2 rings (SSSR count). The van der Waals surface area contributed by atoms with E-state index in [-0.39, 0.29) is 5.56 Å². The highest BCUT2D eigenvalue weighted by molar-refractivity contribution is 9.10. The van der Waals surface area contributed by atoms with Crippen molar-refractivity contribution >= 4 is 39.4 Å². The Morgan fingerprint density at radius 3 is 2.32 bits per heavy atom. The van der Waals surface area contributed by atoms with Crippen molar-refractivity contribution in [3.05, 3.63) is 60.5 Å². The number of rotatable bonds is 6. The lowest BCUT2D eigenvalue weighted by Gasteiger charge is -2.05. The number of benzene rings is 1. The largest absolute Gasteiger partial charge is 0.485 e.